The normalized spacial score (nSPS) is 17.0. The van der Waals surface area contributed by atoms with E-state index >= 15 is 0 Å². The third-order valence-corrected chi connectivity index (χ3v) is 5.52. The maximum atomic E-state index is 5.96. The summed E-state index contributed by atoms with van der Waals surface area (Å²) in [5, 5.41) is 0. The van der Waals surface area contributed by atoms with Gasteiger partial charge in [-0.1, -0.05) is 38.3 Å². The van der Waals surface area contributed by atoms with Crippen molar-refractivity contribution in [2.24, 2.45) is 0 Å². The van der Waals surface area contributed by atoms with Crippen LogP contribution in [0.1, 0.15) is 96.0 Å². The number of hydrogen-bond acceptors (Lipinski definition) is 4. The topological polar surface area (TPSA) is 36.9 Å². The van der Waals surface area contributed by atoms with E-state index < -0.39 is 12.6 Å². The lowest BCUT2D eigenvalue weighted by molar-refractivity contribution is -0.156. The molecule has 4 nitrogen and oxygen atoms in total. The van der Waals surface area contributed by atoms with Crippen LogP contribution in [0.5, 0.6) is 0 Å². The van der Waals surface area contributed by atoms with Crippen LogP contribution in [0.2, 0.25) is 0 Å². The van der Waals surface area contributed by atoms with Gasteiger partial charge in [0.1, 0.15) is 0 Å². The molecule has 1 aromatic rings. The van der Waals surface area contributed by atoms with Crippen molar-refractivity contribution >= 4 is 0 Å². The van der Waals surface area contributed by atoms with E-state index in [0.29, 0.717) is 26.4 Å². The molecule has 0 N–H and O–H groups in total. The molecule has 1 aliphatic carbocycles. The lowest BCUT2D eigenvalue weighted by atomic mass is 9.70. The zero-order chi connectivity index (χ0) is 19.7. The summed E-state index contributed by atoms with van der Waals surface area (Å²) in [5.41, 5.74) is 3.64. The average Bonchev–Trinajstić information content (AvgIpc) is 2.68. The Kier molecular flexibility index (Phi) is 9.24. The molecule has 154 valence electrons. The molecule has 0 atom stereocenters. The van der Waals surface area contributed by atoms with Crippen LogP contribution in [0.3, 0.4) is 0 Å². The Hall–Kier alpha value is -0.940. The predicted molar refractivity (Wildman–Crippen MR) is 109 cm³/mol. The summed E-state index contributed by atoms with van der Waals surface area (Å²) in [5.74, 6) is 0. The van der Waals surface area contributed by atoms with E-state index in [2.05, 4.69) is 25.1 Å². The van der Waals surface area contributed by atoms with Crippen LogP contribution < -0.4 is 0 Å². The first-order valence-corrected chi connectivity index (χ1v) is 10.7. The third kappa shape index (κ3) is 5.77. The minimum absolute atomic E-state index is 0.223. The lowest BCUT2D eigenvalue weighted by Gasteiger charge is -2.35. The summed E-state index contributed by atoms with van der Waals surface area (Å²) < 4.78 is 23.7. The number of rotatable bonds is 11. The molecule has 1 aromatic carbocycles. The van der Waals surface area contributed by atoms with E-state index in [-0.39, 0.29) is 5.41 Å². The van der Waals surface area contributed by atoms with Crippen molar-refractivity contribution < 1.29 is 18.9 Å². The smallest absolute Gasteiger partial charge is 0.184 e. The minimum atomic E-state index is -0.398. The summed E-state index contributed by atoms with van der Waals surface area (Å²) in [7, 11) is 0. The van der Waals surface area contributed by atoms with Gasteiger partial charge < -0.3 is 18.9 Å². The van der Waals surface area contributed by atoms with Gasteiger partial charge in [0.25, 0.3) is 0 Å². The maximum absolute atomic E-state index is 5.96. The SMILES string of the molecule is CCOC(OCC)c1ccc(C2(C)CCCCC2)cc1C(OCC)OCC. The highest BCUT2D eigenvalue weighted by molar-refractivity contribution is 5.38. The zero-order valence-corrected chi connectivity index (χ0v) is 17.9. The van der Waals surface area contributed by atoms with Gasteiger partial charge in [0.15, 0.2) is 12.6 Å². The largest absolute Gasteiger partial charge is 0.349 e. The van der Waals surface area contributed by atoms with Crippen molar-refractivity contribution in [1.82, 2.24) is 0 Å². The van der Waals surface area contributed by atoms with Crippen LogP contribution in [-0.4, -0.2) is 26.4 Å². The van der Waals surface area contributed by atoms with Crippen LogP contribution in [-0.2, 0) is 24.4 Å². The van der Waals surface area contributed by atoms with Gasteiger partial charge in [-0.15, -0.1) is 0 Å². The average molecular weight is 379 g/mol. The summed E-state index contributed by atoms with van der Waals surface area (Å²) in [6.45, 7) is 12.8. The van der Waals surface area contributed by atoms with Gasteiger partial charge in [0, 0.05) is 37.6 Å². The van der Waals surface area contributed by atoms with Crippen LogP contribution in [0.4, 0.5) is 0 Å². The number of hydrogen-bond donors (Lipinski definition) is 0. The Labute approximate surface area is 165 Å². The fourth-order valence-corrected chi connectivity index (χ4v) is 4.05. The number of benzene rings is 1. The van der Waals surface area contributed by atoms with E-state index in [0.717, 1.165) is 11.1 Å². The van der Waals surface area contributed by atoms with E-state index in [1.807, 2.05) is 27.7 Å². The molecule has 0 aromatic heterocycles. The van der Waals surface area contributed by atoms with Crippen LogP contribution in [0, 0.1) is 0 Å². The quantitative estimate of drug-likeness (QED) is 0.439. The molecule has 0 heterocycles. The molecule has 1 aliphatic rings. The monoisotopic (exact) mass is 378 g/mol. The highest BCUT2D eigenvalue weighted by atomic mass is 16.7. The Morgan fingerprint density at radius 1 is 0.741 bits per heavy atom. The fraction of sp³-hybridized carbons (Fsp3) is 0.739. The molecule has 4 heteroatoms. The summed E-state index contributed by atoms with van der Waals surface area (Å²) in [4.78, 5) is 0. The molecule has 1 saturated carbocycles. The van der Waals surface area contributed by atoms with Crippen molar-refractivity contribution in [3.63, 3.8) is 0 Å². The molecule has 27 heavy (non-hydrogen) atoms. The van der Waals surface area contributed by atoms with Crippen molar-refractivity contribution in [3.8, 4) is 0 Å². The molecule has 0 aliphatic heterocycles. The van der Waals surface area contributed by atoms with E-state index in [4.69, 9.17) is 18.9 Å². The van der Waals surface area contributed by atoms with Gasteiger partial charge in [0.2, 0.25) is 0 Å². The van der Waals surface area contributed by atoms with Crippen molar-refractivity contribution in [2.45, 2.75) is 84.7 Å². The first-order chi connectivity index (χ1) is 13.1. The van der Waals surface area contributed by atoms with Crippen LogP contribution in [0.25, 0.3) is 0 Å². The van der Waals surface area contributed by atoms with E-state index in [9.17, 15) is 0 Å². The van der Waals surface area contributed by atoms with Crippen LogP contribution in [0.15, 0.2) is 18.2 Å². The second-order valence-electron chi connectivity index (χ2n) is 7.45. The predicted octanol–water partition coefficient (Wildman–Crippen LogP) is 6.05. The maximum Gasteiger partial charge on any atom is 0.184 e. The Bertz CT molecular complexity index is 539. The molecule has 0 amide bonds. The van der Waals surface area contributed by atoms with Crippen molar-refractivity contribution in [2.75, 3.05) is 26.4 Å². The highest BCUT2D eigenvalue weighted by Crippen LogP contribution is 2.41. The van der Waals surface area contributed by atoms with Crippen molar-refractivity contribution in [1.29, 1.82) is 0 Å². The van der Waals surface area contributed by atoms with Gasteiger partial charge in [0.05, 0.1) is 0 Å². The molecular weight excluding hydrogens is 340 g/mol. The second-order valence-corrected chi connectivity index (χ2v) is 7.45. The summed E-state index contributed by atoms with van der Waals surface area (Å²) in [6.07, 6.45) is 5.62. The Morgan fingerprint density at radius 2 is 1.22 bits per heavy atom. The van der Waals surface area contributed by atoms with Crippen molar-refractivity contribution in [3.05, 3.63) is 34.9 Å². The van der Waals surface area contributed by atoms with Crippen LogP contribution >= 0.6 is 0 Å². The molecule has 0 radical (unpaired) electrons. The fourth-order valence-electron chi connectivity index (χ4n) is 4.05. The van der Waals surface area contributed by atoms with Gasteiger partial charge in [-0.25, -0.2) is 0 Å². The highest BCUT2D eigenvalue weighted by Gasteiger charge is 2.31. The molecule has 1 fully saturated rings. The molecule has 0 spiro atoms. The first-order valence-electron chi connectivity index (χ1n) is 10.7. The molecule has 0 saturated heterocycles. The van der Waals surface area contributed by atoms with Gasteiger partial charge >= 0.3 is 0 Å². The summed E-state index contributed by atoms with van der Waals surface area (Å²) in [6, 6.07) is 6.69. The van der Waals surface area contributed by atoms with Gasteiger partial charge in [-0.2, -0.15) is 0 Å². The van der Waals surface area contributed by atoms with E-state index in [1.165, 1.54) is 37.7 Å². The second kappa shape index (κ2) is 11.2. The Balaban J connectivity index is 2.47. The minimum Gasteiger partial charge on any atom is -0.349 e. The lowest BCUT2D eigenvalue weighted by Crippen LogP contribution is -2.26. The Morgan fingerprint density at radius 3 is 1.70 bits per heavy atom. The molecule has 0 bridgehead atoms. The molecule has 2 rings (SSSR count). The molecular formula is C23H38O4. The number of ether oxygens (including phenoxy) is 4. The zero-order valence-electron chi connectivity index (χ0n) is 17.9. The third-order valence-electron chi connectivity index (χ3n) is 5.52. The van der Waals surface area contributed by atoms with Gasteiger partial charge in [-0.3, -0.25) is 0 Å². The standard InChI is InChI=1S/C23H38O4/c1-6-24-21(25-7-2)19-14-13-18(23(5)15-11-10-12-16-23)17-20(19)22(26-8-3)27-9-4/h13-14,17,21-22H,6-12,15-16H2,1-5H3. The van der Waals surface area contributed by atoms with Gasteiger partial charge in [-0.05, 0) is 57.6 Å². The summed E-state index contributed by atoms with van der Waals surface area (Å²) >= 11 is 0. The van der Waals surface area contributed by atoms with E-state index in [1.54, 1.807) is 0 Å². The first kappa shape index (κ1) is 22.4. The molecule has 0 unspecified atom stereocenters.